The minimum Gasteiger partial charge on any atom is -0.352 e. The molecule has 1 saturated carbocycles. The van der Waals surface area contributed by atoms with Crippen molar-refractivity contribution in [2.24, 2.45) is 5.92 Å². The predicted octanol–water partition coefficient (Wildman–Crippen LogP) is 9.08. The summed E-state index contributed by atoms with van der Waals surface area (Å²) in [5.74, 6) is 1.07. The quantitative estimate of drug-likeness (QED) is 0.360. The first kappa shape index (κ1) is 28.1. The molecule has 2 aromatic rings. The molecule has 34 heavy (non-hydrogen) atoms. The molecule has 1 fully saturated rings. The van der Waals surface area contributed by atoms with Gasteiger partial charge in [0.15, 0.2) is 0 Å². The fourth-order valence-corrected chi connectivity index (χ4v) is 4.80. The average Bonchev–Trinajstić information content (AvgIpc) is 2.85. The van der Waals surface area contributed by atoms with Crippen molar-refractivity contribution in [1.29, 1.82) is 0 Å². The number of carbonyl (C=O) groups is 1. The lowest BCUT2D eigenvalue weighted by atomic mass is 9.88. The molecule has 1 amide bonds. The van der Waals surface area contributed by atoms with Gasteiger partial charge in [-0.2, -0.15) is 0 Å². The summed E-state index contributed by atoms with van der Waals surface area (Å²) < 4.78 is 1.09. The van der Waals surface area contributed by atoms with Crippen LogP contribution in [0, 0.1) is 12.8 Å². The van der Waals surface area contributed by atoms with Gasteiger partial charge in [-0.1, -0.05) is 97.3 Å². The summed E-state index contributed by atoms with van der Waals surface area (Å²) in [7, 11) is 0. The minimum atomic E-state index is -0.0168. The second-order valence-corrected chi connectivity index (χ2v) is 10.4. The monoisotopic (exact) mass is 523 g/mol. The molecule has 0 radical (unpaired) electrons. The summed E-state index contributed by atoms with van der Waals surface area (Å²) in [6.45, 7) is 11.3. The highest BCUT2D eigenvalue weighted by Crippen LogP contribution is 2.25. The molecule has 0 unspecified atom stereocenters. The van der Waals surface area contributed by atoms with Gasteiger partial charge in [0.2, 0.25) is 0 Å². The molecular weight excluding hydrogens is 482 g/mol. The number of rotatable bonds is 7. The molecule has 0 bridgehead atoms. The zero-order valence-corrected chi connectivity index (χ0v) is 23.3. The van der Waals surface area contributed by atoms with E-state index in [1.165, 1.54) is 60.8 Å². The van der Waals surface area contributed by atoms with E-state index in [1.54, 1.807) is 0 Å². The van der Waals surface area contributed by atoms with E-state index in [0.717, 1.165) is 22.4 Å². The Bertz CT molecular complexity index is 983. The fourth-order valence-electron chi connectivity index (χ4n) is 4.44. The Labute approximate surface area is 216 Å². The Morgan fingerprint density at radius 3 is 2.41 bits per heavy atom. The molecule has 1 N–H and O–H groups in total. The van der Waals surface area contributed by atoms with E-state index < -0.39 is 0 Å². The van der Waals surface area contributed by atoms with Gasteiger partial charge in [0.25, 0.3) is 5.91 Å². The number of hydrogen-bond acceptors (Lipinski definition) is 1. The second-order valence-electron chi connectivity index (χ2n) is 9.47. The van der Waals surface area contributed by atoms with Crippen molar-refractivity contribution in [3.63, 3.8) is 0 Å². The summed E-state index contributed by atoms with van der Waals surface area (Å²) in [4.78, 5) is 12.0. The van der Waals surface area contributed by atoms with Crippen molar-refractivity contribution in [2.75, 3.05) is 6.54 Å². The molecular formula is C31H42BrNO. The molecule has 0 saturated heterocycles. The fraction of sp³-hybridized carbons (Fsp3) is 0.452. The Hall–Kier alpha value is -2.13. The van der Waals surface area contributed by atoms with Gasteiger partial charge in [-0.3, -0.25) is 4.79 Å². The van der Waals surface area contributed by atoms with Crippen LogP contribution in [0.3, 0.4) is 0 Å². The number of nitrogens with one attached hydrogen (secondary N) is 1. The first-order valence-corrected chi connectivity index (χ1v) is 13.6. The maximum atomic E-state index is 12.0. The van der Waals surface area contributed by atoms with Crippen LogP contribution in [0.15, 0.2) is 64.7 Å². The Balaban J connectivity index is 0.000000430. The van der Waals surface area contributed by atoms with Crippen LogP contribution in [0.5, 0.6) is 0 Å². The van der Waals surface area contributed by atoms with Crippen LogP contribution in [0.4, 0.5) is 0 Å². The third-order valence-corrected chi connectivity index (χ3v) is 7.05. The van der Waals surface area contributed by atoms with Gasteiger partial charge >= 0.3 is 0 Å². The smallest absolute Gasteiger partial charge is 0.251 e. The van der Waals surface area contributed by atoms with Crippen molar-refractivity contribution in [3.05, 3.63) is 86.9 Å². The van der Waals surface area contributed by atoms with Gasteiger partial charge in [0.1, 0.15) is 0 Å². The molecule has 0 spiro atoms. The Morgan fingerprint density at radius 1 is 1.03 bits per heavy atom. The summed E-state index contributed by atoms with van der Waals surface area (Å²) in [6.07, 6.45) is 14.1. The third-order valence-electron chi connectivity index (χ3n) is 6.55. The van der Waals surface area contributed by atoms with Crippen molar-refractivity contribution in [2.45, 2.75) is 79.6 Å². The molecule has 2 nitrogen and oxygen atoms in total. The van der Waals surface area contributed by atoms with Gasteiger partial charge in [-0.25, -0.2) is 0 Å². The Kier molecular flexibility index (Phi) is 12.4. The molecule has 0 atom stereocenters. The number of benzene rings is 2. The van der Waals surface area contributed by atoms with E-state index in [-0.39, 0.29) is 5.91 Å². The van der Waals surface area contributed by atoms with Gasteiger partial charge in [-0.15, -0.1) is 0 Å². The van der Waals surface area contributed by atoms with Crippen LogP contribution in [0.1, 0.15) is 93.3 Å². The largest absolute Gasteiger partial charge is 0.352 e. The van der Waals surface area contributed by atoms with E-state index in [9.17, 15) is 4.79 Å². The van der Waals surface area contributed by atoms with Crippen LogP contribution in [0.2, 0.25) is 0 Å². The molecule has 0 heterocycles. The molecule has 0 aromatic heterocycles. The van der Waals surface area contributed by atoms with Gasteiger partial charge < -0.3 is 5.32 Å². The average molecular weight is 525 g/mol. The number of aryl methyl sites for hydroxylation is 1. The van der Waals surface area contributed by atoms with Crippen molar-refractivity contribution in [1.82, 2.24) is 5.32 Å². The normalized spacial score (nSPS) is 14.9. The molecule has 184 valence electrons. The maximum absolute atomic E-state index is 12.0. The highest BCUT2D eigenvalue weighted by molar-refractivity contribution is 9.10. The summed E-state index contributed by atoms with van der Waals surface area (Å²) in [6, 6.07) is 14.2. The van der Waals surface area contributed by atoms with Crippen LogP contribution in [-0.4, -0.2) is 12.5 Å². The number of halogens is 1. The lowest BCUT2D eigenvalue weighted by Gasteiger charge is -2.18. The summed E-state index contributed by atoms with van der Waals surface area (Å²) in [5, 5.41) is 2.84. The van der Waals surface area contributed by atoms with E-state index in [4.69, 9.17) is 0 Å². The van der Waals surface area contributed by atoms with Crippen molar-refractivity contribution < 1.29 is 4.79 Å². The van der Waals surface area contributed by atoms with E-state index in [1.807, 2.05) is 25.1 Å². The van der Waals surface area contributed by atoms with Crippen molar-refractivity contribution >= 4 is 27.4 Å². The molecule has 1 aliphatic rings. The summed E-state index contributed by atoms with van der Waals surface area (Å²) >= 11 is 3.54. The SMILES string of the molecule is CCC1CCCCC1.CCNC(=O)c1cccc(C/C(C)=C\C=C(/C)c2cc(Br)ccc2C)c1. The molecule has 3 heteroatoms. The molecule has 1 aliphatic carbocycles. The highest BCUT2D eigenvalue weighted by atomic mass is 79.9. The summed E-state index contributed by atoms with van der Waals surface area (Å²) in [5.41, 5.74) is 6.87. The minimum absolute atomic E-state index is 0.0168. The van der Waals surface area contributed by atoms with Gasteiger partial charge in [-0.05, 0) is 86.6 Å². The number of amides is 1. The lowest BCUT2D eigenvalue weighted by Crippen LogP contribution is -2.22. The van der Waals surface area contributed by atoms with Crippen LogP contribution >= 0.6 is 15.9 Å². The van der Waals surface area contributed by atoms with Gasteiger partial charge in [0, 0.05) is 16.6 Å². The van der Waals surface area contributed by atoms with Crippen LogP contribution in [0.25, 0.3) is 5.57 Å². The number of hydrogen-bond donors (Lipinski definition) is 1. The van der Waals surface area contributed by atoms with E-state index in [2.05, 4.69) is 85.4 Å². The highest BCUT2D eigenvalue weighted by Gasteiger charge is 2.09. The zero-order chi connectivity index (χ0) is 24.9. The lowest BCUT2D eigenvalue weighted by molar-refractivity contribution is 0.0955. The van der Waals surface area contributed by atoms with Crippen LogP contribution < -0.4 is 5.32 Å². The van der Waals surface area contributed by atoms with Crippen LogP contribution in [-0.2, 0) is 6.42 Å². The second kappa shape index (κ2) is 15.0. The molecule has 3 rings (SSSR count). The predicted molar refractivity (Wildman–Crippen MR) is 151 cm³/mol. The third kappa shape index (κ3) is 9.62. The Morgan fingerprint density at radius 2 is 1.76 bits per heavy atom. The standard InChI is InChI=1S/C23H26BrNO.C8H16/c1-5-25-23(26)20-8-6-7-19(14-20)13-16(2)9-10-17(3)22-15-21(24)12-11-18(22)4;1-2-8-6-4-3-5-7-8/h6-12,14-15H,5,13H2,1-4H3,(H,25,26);8H,2-7H2,1H3/b16-9-,17-10+;. The topological polar surface area (TPSA) is 29.1 Å². The zero-order valence-electron chi connectivity index (χ0n) is 21.7. The number of allylic oxidation sites excluding steroid dienone is 4. The molecule has 2 aromatic carbocycles. The number of carbonyl (C=O) groups excluding carboxylic acids is 1. The van der Waals surface area contributed by atoms with E-state index in [0.29, 0.717) is 12.1 Å². The van der Waals surface area contributed by atoms with Gasteiger partial charge in [0.05, 0.1) is 0 Å². The van der Waals surface area contributed by atoms with E-state index >= 15 is 0 Å². The maximum Gasteiger partial charge on any atom is 0.251 e. The molecule has 0 aliphatic heterocycles. The first-order valence-electron chi connectivity index (χ1n) is 12.8. The first-order chi connectivity index (χ1) is 16.3. The van der Waals surface area contributed by atoms with Crippen molar-refractivity contribution in [3.8, 4) is 0 Å².